The molecular formula is C19H29N3O4. The molecule has 2 atom stereocenters. The van der Waals surface area contributed by atoms with Crippen molar-refractivity contribution in [3.05, 3.63) is 30.5 Å². The average Bonchev–Trinajstić information content (AvgIpc) is 3.02. The number of hydrogen-bond donors (Lipinski definition) is 1. The van der Waals surface area contributed by atoms with Crippen LogP contribution in [-0.4, -0.2) is 53.5 Å². The number of carbonyl (C=O) groups is 2. The van der Waals surface area contributed by atoms with Crippen LogP contribution in [0.15, 0.2) is 23.3 Å². The van der Waals surface area contributed by atoms with Crippen LogP contribution in [-0.2, 0) is 20.7 Å². The second-order valence-corrected chi connectivity index (χ2v) is 7.02. The summed E-state index contributed by atoms with van der Waals surface area (Å²) in [6.07, 6.45) is 4.89. The van der Waals surface area contributed by atoms with Gasteiger partial charge in [-0.15, -0.1) is 6.58 Å². The number of nitrogens with zero attached hydrogens (tertiary/aromatic N) is 2. The monoisotopic (exact) mass is 363 g/mol. The molecular weight excluding hydrogens is 334 g/mol. The highest BCUT2D eigenvalue weighted by Crippen LogP contribution is 2.20. The first-order valence-electron chi connectivity index (χ1n) is 9.07. The van der Waals surface area contributed by atoms with Gasteiger partial charge in [0, 0.05) is 26.4 Å². The van der Waals surface area contributed by atoms with Crippen molar-refractivity contribution in [2.45, 2.75) is 45.6 Å². The van der Waals surface area contributed by atoms with Crippen molar-refractivity contribution in [2.24, 2.45) is 5.92 Å². The Labute approximate surface area is 154 Å². The summed E-state index contributed by atoms with van der Waals surface area (Å²) in [6.45, 7) is 11.3. The molecule has 2 unspecified atom stereocenters. The van der Waals surface area contributed by atoms with Crippen molar-refractivity contribution in [2.75, 3.05) is 26.2 Å². The van der Waals surface area contributed by atoms with Crippen LogP contribution in [0.5, 0.6) is 0 Å². The van der Waals surface area contributed by atoms with E-state index >= 15 is 0 Å². The summed E-state index contributed by atoms with van der Waals surface area (Å²) < 4.78 is 11.2. The fraction of sp³-hybridized carbons (Fsp3) is 0.632. The van der Waals surface area contributed by atoms with E-state index in [0.29, 0.717) is 44.3 Å². The lowest BCUT2D eigenvalue weighted by Crippen LogP contribution is -2.57. The molecule has 7 nitrogen and oxygen atoms in total. The van der Waals surface area contributed by atoms with Gasteiger partial charge in [0.15, 0.2) is 5.89 Å². The number of morpholine rings is 1. The highest BCUT2D eigenvalue weighted by atomic mass is 16.5. The second-order valence-electron chi connectivity index (χ2n) is 7.02. The lowest BCUT2D eigenvalue weighted by molar-refractivity contribution is -0.149. The van der Waals surface area contributed by atoms with Crippen molar-refractivity contribution < 1.29 is 18.7 Å². The first-order chi connectivity index (χ1) is 12.3. The van der Waals surface area contributed by atoms with E-state index in [4.69, 9.17) is 9.15 Å². The molecule has 1 aliphatic heterocycles. The normalized spacial score (nSPS) is 21.3. The van der Waals surface area contributed by atoms with E-state index in [9.17, 15) is 9.59 Å². The molecule has 0 aliphatic carbocycles. The fourth-order valence-electron chi connectivity index (χ4n) is 2.99. The molecule has 0 spiro atoms. The van der Waals surface area contributed by atoms with Crippen molar-refractivity contribution in [1.29, 1.82) is 0 Å². The third-order valence-corrected chi connectivity index (χ3v) is 4.65. The van der Waals surface area contributed by atoms with E-state index in [-0.39, 0.29) is 24.2 Å². The van der Waals surface area contributed by atoms with Gasteiger partial charge in [0.25, 0.3) is 0 Å². The maximum Gasteiger partial charge on any atom is 0.227 e. The Kier molecular flexibility index (Phi) is 6.97. The van der Waals surface area contributed by atoms with Crippen molar-refractivity contribution in [1.82, 2.24) is 15.2 Å². The predicted octanol–water partition coefficient (Wildman–Crippen LogP) is 1.86. The minimum atomic E-state index is -0.600. The molecule has 1 aromatic heterocycles. The summed E-state index contributed by atoms with van der Waals surface area (Å²) in [5.74, 6) is 1.21. The van der Waals surface area contributed by atoms with Crippen LogP contribution in [0.3, 0.4) is 0 Å². The highest BCUT2D eigenvalue weighted by Gasteiger charge is 2.34. The van der Waals surface area contributed by atoms with Gasteiger partial charge in [-0.1, -0.05) is 13.0 Å². The highest BCUT2D eigenvalue weighted by molar-refractivity contribution is 5.78. The molecule has 0 aromatic carbocycles. The van der Waals surface area contributed by atoms with Crippen LogP contribution >= 0.6 is 0 Å². The molecule has 2 rings (SSSR count). The van der Waals surface area contributed by atoms with Gasteiger partial charge in [0.2, 0.25) is 11.8 Å². The minimum Gasteiger partial charge on any atom is -0.446 e. The van der Waals surface area contributed by atoms with Crippen LogP contribution in [0.2, 0.25) is 0 Å². The molecule has 1 aromatic rings. The molecule has 0 bridgehead atoms. The molecule has 26 heavy (non-hydrogen) atoms. The number of aromatic nitrogens is 1. The van der Waals surface area contributed by atoms with E-state index in [1.807, 2.05) is 17.9 Å². The smallest absolute Gasteiger partial charge is 0.227 e. The maximum absolute atomic E-state index is 12.5. The van der Waals surface area contributed by atoms with Crippen LogP contribution < -0.4 is 5.32 Å². The van der Waals surface area contributed by atoms with E-state index in [0.717, 1.165) is 6.42 Å². The zero-order valence-corrected chi connectivity index (χ0v) is 15.9. The molecule has 2 heterocycles. The average molecular weight is 363 g/mol. The van der Waals surface area contributed by atoms with E-state index in [2.05, 4.69) is 23.8 Å². The summed E-state index contributed by atoms with van der Waals surface area (Å²) >= 11 is 0. The number of allylic oxidation sites excluding steroid dienone is 1. The molecule has 144 valence electrons. The number of aryl methyl sites for hydroxylation is 1. The number of amides is 2. The Morgan fingerprint density at radius 3 is 2.92 bits per heavy atom. The lowest BCUT2D eigenvalue weighted by Gasteiger charge is -2.41. The number of ether oxygens (including phenoxy) is 1. The summed E-state index contributed by atoms with van der Waals surface area (Å²) in [5.41, 5.74) is -0.600. The van der Waals surface area contributed by atoms with Crippen LogP contribution in [0.4, 0.5) is 0 Å². The van der Waals surface area contributed by atoms with Gasteiger partial charge < -0.3 is 19.4 Å². The third kappa shape index (κ3) is 5.69. The Hall–Kier alpha value is -2.15. The SMILES string of the molecule is C=CC(CC)CC(=O)N1CCOC(C)(CNC(=O)Cc2cnc(C)o2)C1. The van der Waals surface area contributed by atoms with Gasteiger partial charge in [0.1, 0.15) is 11.4 Å². The molecule has 1 N–H and O–H groups in total. The first kappa shape index (κ1) is 20.2. The zero-order chi connectivity index (χ0) is 19.2. The van der Waals surface area contributed by atoms with Crippen molar-refractivity contribution >= 4 is 11.8 Å². The Morgan fingerprint density at radius 2 is 2.31 bits per heavy atom. The van der Waals surface area contributed by atoms with Crippen molar-refractivity contribution in [3.8, 4) is 0 Å². The molecule has 7 heteroatoms. The Bertz CT molecular complexity index is 642. The molecule has 1 aliphatic rings. The largest absolute Gasteiger partial charge is 0.446 e. The summed E-state index contributed by atoms with van der Waals surface area (Å²) in [6, 6.07) is 0. The van der Waals surface area contributed by atoms with Gasteiger partial charge in [0.05, 0.1) is 25.8 Å². The molecule has 1 saturated heterocycles. The topological polar surface area (TPSA) is 84.7 Å². The maximum atomic E-state index is 12.5. The standard InChI is InChI=1S/C19H29N3O4/c1-5-15(6-2)9-18(24)22-7-8-25-19(4,13-22)12-21-17(23)10-16-11-20-14(3)26-16/h5,11,15H,1,6-10,12-13H2,2-4H3,(H,21,23). The second kappa shape index (κ2) is 8.98. The van der Waals surface area contributed by atoms with Crippen LogP contribution in [0.25, 0.3) is 0 Å². The van der Waals surface area contributed by atoms with Gasteiger partial charge in [-0.25, -0.2) is 4.98 Å². The summed E-state index contributed by atoms with van der Waals surface area (Å²) in [7, 11) is 0. The van der Waals surface area contributed by atoms with Crippen LogP contribution in [0, 0.1) is 12.8 Å². The summed E-state index contributed by atoms with van der Waals surface area (Å²) in [5, 5.41) is 2.87. The van der Waals surface area contributed by atoms with Gasteiger partial charge in [-0.2, -0.15) is 0 Å². The third-order valence-electron chi connectivity index (χ3n) is 4.65. The van der Waals surface area contributed by atoms with Gasteiger partial charge >= 0.3 is 0 Å². The number of rotatable bonds is 8. The number of carbonyl (C=O) groups excluding carboxylic acids is 2. The zero-order valence-electron chi connectivity index (χ0n) is 15.9. The van der Waals surface area contributed by atoms with Crippen molar-refractivity contribution in [3.63, 3.8) is 0 Å². The quantitative estimate of drug-likeness (QED) is 0.713. The van der Waals surface area contributed by atoms with Gasteiger partial charge in [-0.05, 0) is 19.3 Å². The van der Waals surface area contributed by atoms with E-state index in [1.165, 1.54) is 0 Å². The Balaban J connectivity index is 1.84. The fourth-order valence-corrected chi connectivity index (χ4v) is 2.99. The van der Waals surface area contributed by atoms with E-state index < -0.39 is 5.60 Å². The lowest BCUT2D eigenvalue weighted by atomic mass is 9.99. The predicted molar refractivity (Wildman–Crippen MR) is 97.5 cm³/mol. The number of hydrogen-bond acceptors (Lipinski definition) is 5. The first-order valence-corrected chi connectivity index (χ1v) is 9.07. The number of oxazole rings is 1. The Morgan fingerprint density at radius 1 is 1.54 bits per heavy atom. The van der Waals surface area contributed by atoms with E-state index in [1.54, 1.807) is 13.1 Å². The minimum absolute atomic E-state index is 0.106. The van der Waals surface area contributed by atoms with Gasteiger partial charge in [-0.3, -0.25) is 9.59 Å². The molecule has 1 fully saturated rings. The number of nitrogens with one attached hydrogen (secondary N) is 1. The molecule has 2 amide bonds. The molecule has 0 radical (unpaired) electrons. The summed E-state index contributed by atoms with van der Waals surface area (Å²) in [4.78, 5) is 30.4. The van der Waals surface area contributed by atoms with Crippen LogP contribution in [0.1, 0.15) is 38.3 Å². The molecule has 0 saturated carbocycles.